The Balaban J connectivity index is 1.47. The Morgan fingerprint density at radius 3 is 2.83 bits per heavy atom. The van der Waals surface area contributed by atoms with Gasteiger partial charge in [-0.15, -0.1) is 0 Å². The summed E-state index contributed by atoms with van der Waals surface area (Å²) in [6.07, 6.45) is 2.62. The number of rotatable bonds is 6. The van der Waals surface area contributed by atoms with E-state index in [-0.39, 0.29) is 23.7 Å². The second-order valence-electron chi connectivity index (χ2n) is 7.88. The summed E-state index contributed by atoms with van der Waals surface area (Å²) in [5.41, 5.74) is 1.68. The molecule has 0 spiro atoms. The van der Waals surface area contributed by atoms with Gasteiger partial charge in [0, 0.05) is 35.1 Å². The van der Waals surface area contributed by atoms with Crippen LogP contribution in [0.15, 0.2) is 48.5 Å². The number of ether oxygens (including phenoxy) is 1. The van der Waals surface area contributed by atoms with Crippen molar-refractivity contribution in [1.29, 1.82) is 0 Å². The lowest BCUT2D eigenvalue weighted by Gasteiger charge is -2.41. The summed E-state index contributed by atoms with van der Waals surface area (Å²) in [5.74, 6) is 0.972. The van der Waals surface area contributed by atoms with E-state index >= 15 is 0 Å². The van der Waals surface area contributed by atoms with E-state index in [0.29, 0.717) is 12.4 Å². The van der Waals surface area contributed by atoms with Crippen LogP contribution in [0.1, 0.15) is 37.9 Å². The van der Waals surface area contributed by atoms with Gasteiger partial charge in [-0.1, -0.05) is 18.6 Å². The number of aliphatic hydroxyl groups excluding tert-OH is 1. The number of piperidine rings is 1. The van der Waals surface area contributed by atoms with Crippen molar-refractivity contribution in [2.24, 2.45) is 0 Å². The van der Waals surface area contributed by atoms with E-state index in [0.717, 1.165) is 42.3 Å². The van der Waals surface area contributed by atoms with Crippen LogP contribution in [-0.2, 0) is 0 Å². The van der Waals surface area contributed by atoms with Crippen molar-refractivity contribution in [3.05, 3.63) is 54.1 Å². The largest absolute Gasteiger partial charge is 0.508 e. The standard InChI is InChI=1S/C23H28N2O4/c1-15(23(28)16-8-9-21-17(11-16)12-22(27)24-21)25-10-3-2-5-18(25)14-29-20-7-4-6-19(26)13-20/h4,6-9,11-13,15,18,23-24,26-28H,2-3,5,10,14H2,1H3. The van der Waals surface area contributed by atoms with E-state index in [2.05, 4.69) is 16.8 Å². The fraction of sp³-hybridized carbons (Fsp3) is 0.391. The summed E-state index contributed by atoms with van der Waals surface area (Å²) in [6.45, 7) is 3.49. The number of H-pyrrole nitrogens is 1. The maximum atomic E-state index is 11.1. The molecule has 3 unspecified atom stereocenters. The SMILES string of the molecule is CC(C(O)c1ccc2[nH]c(O)cc2c1)N1CCCCC1COc1cccc(O)c1. The molecule has 3 atom stereocenters. The molecule has 6 nitrogen and oxygen atoms in total. The molecular formula is C23H28N2O4. The Labute approximate surface area is 170 Å². The molecule has 0 radical (unpaired) electrons. The first-order valence-corrected chi connectivity index (χ1v) is 10.2. The van der Waals surface area contributed by atoms with Gasteiger partial charge < -0.3 is 25.0 Å². The molecular weight excluding hydrogens is 368 g/mol. The Morgan fingerprint density at radius 1 is 1.14 bits per heavy atom. The van der Waals surface area contributed by atoms with Crippen LogP contribution >= 0.6 is 0 Å². The third-order valence-electron chi connectivity index (χ3n) is 5.88. The van der Waals surface area contributed by atoms with Crippen molar-refractivity contribution >= 4 is 10.9 Å². The summed E-state index contributed by atoms with van der Waals surface area (Å²) in [7, 11) is 0. The molecule has 154 valence electrons. The molecule has 4 N–H and O–H groups in total. The topological polar surface area (TPSA) is 89.0 Å². The maximum Gasteiger partial charge on any atom is 0.189 e. The van der Waals surface area contributed by atoms with E-state index in [9.17, 15) is 15.3 Å². The summed E-state index contributed by atoms with van der Waals surface area (Å²) >= 11 is 0. The monoisotopic (exact) mass is 396 g/mol. The van der Waals surface area contributed by atoms with Gasteiger partial charge >= 0.3 is 0 Å². The number of benzene rings is 2. The van der Waals surface area contributed by atoms with Crippen LogP contribution in [-0.4, -0.2) is 50.4 Å². The minimum Gasteiger partial charge on any atom is -0.508 e. The summed E-state index contributed by atoms with van der Waals surface area (Å²) < 4.78 is 5.94. The lowest BCUT2D eigenvalue weighted by Crippen LogP contribution is -2.49. The molecule has 1 saturated heterocycles. The third-order valence-corrected chi connectivity index (χ3v) is 5.88. The first kappa shape index (κ1) is 19.6. The van der Waals surface area contributed by atoms with Crippen LogP contribution < -0.4 is 4.74 Å². The molecule has 1 aliphatic heterocycles. The van der Waals surface area contributed by atoms with Crippen molar-refractivity contribution in [3.8, 4) is 17.4 Å². The average Bonchev–Trinajstić information content (AvgIpc) is 3.10. The number of aliphatic hydroxyl groups is 1. The van der Waals surface area contributed by atoms with Gasteiger partial charge in [-0.05, 0) is 56.1 Å². The van der Waals surface area contributed by atoms with Gasteiger partial charge in [0.15, 0.2) is 5.88 Å². The van der Waals surface area contributed by atoms with Gasteiger partial charge in [-0.3, -0.25) is 4.90 Å². The first-order valence-electron chi connectivity index (χ1n) is 10.2. The minimum atomic E-state index is -0.641. The van der Waals surface area contributed by atoms with Crippen molar-refractivity contribution in [2.75, 3.05) is 13.2 Å². The number of nitrogens with zero attached hydrogens (tertiary/aromatic N) is 1. The molecule has 2 aromatic carbocycles. The molecule has 2 heterocycles. The molecule has 1 fully saturated rings. The molecule has 6 heteroatoms. The zero-order valence-corrected chi connectivity index (χ0v) is 16.6. The van der Waals surface area contributed by atoms with Crippen molar-refractivity contribution in [1.82, 2.24) is 9.88 Å². The maximum absolute atomic E-state index is 11.1. The van der Waals surface area contributed by atoms with E-state index in [1.807, 2.05) is 24.3 Å². The zero-order chi connectivity index (χ0) is 20.4. The second kappa shape index (κ2) is 8.35. The molecule has 4 rings (SSSR count). The number of aromatic nitrogens is 1. The normalized spacial score (nSPS) is 19.9. The third kappa shape index (κ3) is 4.33. The van der Waals surface area contributed by atoms with E-state index in [4.69, 9.17) is 4.74 Å². The van der Waals surface area contributed by atoms with Crippen molar-refractivity contribution < 1.29 is 20.1 Å². The number of hydrogen-bond donors (Lipinski definition) is 4. The zero-order valence-electron chi connectivity index (χ0n) is 16.6. The average molecular weight is 396 g/mol. The number of likely N-dealkylation sites (tertiary alicyclic amines) is 1. The molecule has 1 aliphatic rings. The van der Waals surface area contributed by atoms with Gasteiger partial charge in [0.25, 0.3) is 0 Å². The van der Waals surface area contributed by atoms with Gasteiger partial charge in [-0.25, -0.2) is 0 Å². The number of hydrogen-bond acceptors (Lipinski definition) is 5. The molecule has 0 amide bonds. The summed E-state index contributed by atoms with van der Waals surface area (Å²) in [5, 5.41) is 31.2. The molecule has 0 aliphatic carbocycles. The van der Waals surface area contributed by atoms with Gasteiger partial charge in [0.05, 0.1) is 6.10 Å². The summed E-state index contributed by atoms with van der Waals surface area (Å²) in [4.78, 5) is 5.22. The molecule has 0 saturated carbocycles. The van der Waals surface area contributed by atoms with Crippen LogP contribution in [0.5, 0.6) is 17.4 Å². The predicted octanol–water partition coefficient (Wildman–Crippen LogP) is 3.93. The smallest absolute Gasteiger partial charge is 0.189 e. The van der Waals surface area contributed by atoms with Crippen LogP contribution in [0.2, 0.25) is 0 Å². The highest BCUT2D eigenvalue weighted by molar-refractivity contribution is 5.82. The first-order chi connectivity index (χ1) is 14.0. The van der Waals surface area contributed by atoms with E-state index in [1.165, 1.54) is 0 Å². The van der Waals surface area contributed by atoms with Crippen LogP contribution in [0, 0.1) is 0 Å². The van der Waals surface area contributed by atoms with Gasteiger partial charge in [-0.2, -0.15) is 0 Å². The van der Waals surface area contributed by atoms with Crippen molar-refractivity contribution in [3.63, 3.8) is 0 Å². The fourth-order valence-corrected chi connectivity index (χ4v) is 4.28. The quantitative estimate of drug-likeness (QED) is 0.507. The number of nitrogens with one attached hydrogen (secondary N) is 1. The highest BCUT2D eigenvalue weighted by Crippen LogP contribution is 2.30. The lowest BCUT2D eigenvalue weighted by atomic mass is 9.95. The number of phenols is 1. The van der Waals surface area contributed by atoms with Gasteiger partial charge in [0.1, 0.15) is 18.1 Å². The molecule has 3 aromatic rings. The molecule has 0 bridgehead atoms. The minimum absolute atomic E-state index is 0.0712. The fourth-order valence-electron chi connectivity index (χ4n) is 4.28. The number of fused-ring (bicyclic) bond motifs is 1. The summed E-state index contributed by atoms with van der Waals surface area (Å²) in [6, 6.07) is 14.4. The molecule has 1 aromatic heterocycles. The van der Waals surface area contributed by atoms with Crippen LogP contribution in [0.3, 0.4) is 0 Å². The van der Waals surface area contributed by atoms with E-state index < -0.39 is 6.10 Å². The molecule has 29 heavy (non-hydrogen) atoms. The lowest BCUT2D eigenvalue weighted by molar-refractivity contribution is 0.000907. The Morgan fingerprint density at radius 2 is 2.00 bits per heavy atom. The van der Waals surface area contributed by atoms with Gasteiger partial charge in [0.2, 0.25) is 0 Å². The van der Waals surface area contributed by atoms with Crippen LogP contribution in [0.4, 0.5) is 0 Å². The highest BCUT2D eigenvalue weighted by atomic mass is 16.5. The number of aromatic amines is 1. The van der Waals surface area contributed by atoms with Crippen LogP contribution in [0.25, 0.3) is 10.9 Å². The predicted molar refractivity (Wildman–Crippen MR) is 112 cm³/mol. The second-order valence-corrected chi connectivity index (χ2v) is 7.88. The number of phenolic OH excluding ortho intramolecular Hbond substituents is 1. The Hall–Kier alpha value is -2.70. The Bertz CT molecular complexity index is 970. The Kier molecular flexibility index (Phi) is 5.65. The number of aromatic hydroxyl groups is 2. The van der Waals surface area contributed by atoms with E-state index in [1.54, 1.807) is 24.3 Å². The highest BCUT2D eigenvalue weighted by Gasteiger charge is 2.31. The van der Waals surface area contributed by atoms with Crippen molar-refractivity contribution in [2.45, 2.75) is 44.4 Å².